The Kier molecular flexibility index (Phi) is 2.96. The van der Waals surface area contributed by atoms with E-state index < -0.39 is 0 Å². The average Bonchev–Trinajstić information content (AvgIpc) is 2.84. The van der Waals surface area contributed by atoms with Crippen molar-refractivity contribution in [3.8, 4) is 0 Å². The summed E-state index contributed by atoms with van der Waals surface area (Å²) in [6, 6.07) is 10.0. The first-order valence-electron chi connectivity index (χ1n) is 6.46. The van der Waals surface area contributed by atoms with Gasteiger partial charge in [-0.05, 0) is 24.9 Å². The first-order chi connectivity index (χ1) is 8.78. The van der Waals surface area contributed by atoms with E-state index in [2.05, 4.69) is 10.6 Å². The van der Waals surface area contributed by atoms with Gasteiger partial charge in [0.15, 0.2) is 0 Å². The summed E-state index contributed by atoms with van der Waals surface area (Å²) < 4.78 is 5.21. The van der Waals surface area contributed by atoms with Crippen LogP contribution in [-0.2, 0) is 11.3 Å². The third-order valence-corrected chi connectivity index (χ3v) is 3.97. The number of carbonyl (C=O) groups is 1. The van der Waals surface area contributed by atoms with Gasteiger partial charge in [-0.2, -0.15) is 0 Å². The van der Waals surface area contributed by atoms with E-state index in [-0.39, 0.29) is 6.09 Å². The fraction of sp³-hybridized carbons (Fsp3) is 0.500. The summed E-state index contributed by atoms with van der Waals surface area (Å²) >= 11 is 0. The summed E-state index contributed by atoms with van der Waals surface area (Å²) in [6.45, 7) is 2.43. The van der Waals surface area contributed by atoms with Gasteiger partial charge in [0, 0.05) is 18.0 Å². The Morgan fingerprint density at radius 1 is 1.44 bits per heavy atom. The monoisotopic (exact) mass is 246 g/mol. The van der Waals surface area contributed by atoms with Crippen LogP contribution in [0.1, 0.15) is 18.4 Å². The zero-order chi connectivity index (χ0) is 12.4. The maximum Gasteiger partial charge on any atom is 0.407 e. The molecule has 1 aromatic rings. The predicted octanol–water partition coefficient (Wildman–Crippen LogP) is 1.66. The fourth-order valence-electron chi connectivity index (χ4n) is 2.69. The SMILES string of the molecule is O=C(N[C@H]1C[C@@]12CCNC2)OCc1ccccc1. The van der Waals surface area contributed by atoms with Crippen LogP contribution in [-0.4, -0.2) is 25.2 Å². The molecule has 2 N–H and O–H groups in total. The van der Waals surface area contributed by atoms with Gasteiger partial charge in [-0.1, -0.05) is 30.3 Å². The predicted molar refractivity (Wildman–Crippen MR) is 68.1 cm³/mol. The third kappa shape index (κ3) is 2.34. The molecule has 1 amide bonds. The molecule has 4 nitrogen and oxygen atoms in total. The Morgan fingerprint density at radius 2 is 2.28 bits per heavy atom. The second kappa shape index (κ2) is 4.61. The minimum absolute atomic E-state index is 0.298. The minimum Gasteiger partial charge on any atom is -0.445 e. The smallest absolute Gasteiger partial charge is 0.407 e. The van der Waals surface area contributed by atoms with E-state index in [1.165, 1.54) is 0 Å². The lowest BCUT2D eigenvalue weighted by atomic mass is 10.1. The fourth-order valence-corrected chi connectivity index (χ4v) is 2.69. The zero-order valence-electron chi connectivity index (χ0n) is 10.3. The molecule has 1 saturated heterocycles. The van der Waals surface area contributed by atoms with Crippen molar-refractivity contribution in [2.75, 3.05) is 13.1 Å². The Morgan fingerprint density at radius 3 is 3.00 bits per heavy atom. The number of hydrogen-bond donors (Lipinski definition) is 2. The van der Waals surface area contributed by atoms with Crippen molar-refractivity contribution in [1.82, 2.24) is 10.6 Å². The lowest BCUT2D eigenvalue weighted by molar-refractivity contribution is 0.137. The summed E-state index contributed by atoms with van der Waals surface area (Å²) in [5.41, 5.74) is 1.34. The number of ether oxygens (including phenoxy) is 1. The van der Waals surface area contributed by atoms with E-state index in [0.717, 1.165) is 31.5 Å². The molecule has 2 fully saturated rings. The maximum absolute atomic E-state index is 11.7. The molecule has 18 heavy (non-hydrogen) atoms. The zero-order valence-corrected chi connectivity index (χ0v) is 10.3. The topological polar surface area (TPSA) is 50.4 Å². The number of hydrogen-bond acceptors (Lipinski definition) is 3. The van der Waals surface area contributed by atoms with Crippen LogP contribution in [0.5, 0.6) is 0 Å². The van der Waals surface area contributed by atoms with Crippen LogP contribution in [0.25, 0.3) is 0 Å². The highest BCUT2D eigenvalue weighted by Crippen LogP contribution is 2.50. The molecule has 0 radical (unpaired) electrons. The van der Waals surface area contributed by atoms with Gasteiger partial charge in [0.05, 0.1) is 0 Å². The molecule has 0 unspecified atom stereocenters. The van der Waals surface area contributed by atoms with Crippen LogP contribution in [0.4, 0.5) is 4.79 Å². The van der Waals surface area contributed by atoms with Gasteiger partial charge in [-0.15, -0.1) is 0 Å². The summed E-state index contributed by atoms with van der Waals surface area (Å²) in [7, 11) is 0. The Bertz CT molecular complexity index is 427. The molecule has 2 aliphatic rings. The molecule has 0 aromatic heterocycles. The largest absolute Gasteiger partial charge is 0.445 e. The Hall–Kier alpha value is -1.55. The highest BCUT2D eigenvalue weighted by Gasteiger charge is 2.56. The van der Waals surface area contributed by atoms with Crippen LogP contribution in [0.15, 0.2) is 30.3 Å². The highest BCUT2D eigenvalue weighted by molar-refractivity contribution is 5.68. The number of rotatable bonds is 3. The van der Waals surface area contributed by atoms with Crippen LogP contribution in [0.2, 0.25) is 0 Å². The van der Waals surface area contributed by atoms with E-state index in [1.54, 1.807) is 0 Å². The molecule has 4 heteroatoms. The second-order valence-corrected chi connectivity index (χ2v) is 5.25. The Labute approximate surface area is 107 Å². The molecule has 1 saturated carbocycles. The molecule has 1 aromatic carbocycles. The van der Waals surface area contributed by atoms with E-state index in [0.29, 0.717) is 18.1 Å². The van der Waals surface area contributed by atoms with E-state index in [4.69, 9.17) is 4.74 Å². The molecular formula is C14H18N2O2. The second-order valence-electron chi connectivity index (χ2n) is 5.25. The van der Waals surface area contributed by atoms with Gasteiger partial charge >= 0.3 is 6.09 Å². The molecule has 0 bridgehead atoms. The van der Waals surface area contributed by atoms with Crippen molar-refractivity contribution in [3.05, 3.63) is 35.9 Å². The third-order valence-electron chi connectivity index (χ3n) is 3.97. The normalized spacial score (nSPS) is 29.2. The number of amides is 1. The van der Waals surface area contributed by atoms with E-state index in [9.17, 15) is 4.79 Å². The minimum atomic E-state index is -0.298. The summed E-state index contributed by atoms with van der Waals surface area (Å²) in [5, 5.41) is 6.30. The number of alkyl carbamates (subject to hydrolysis) is 1. The summed E-state index contributed by atoms with van der Waals surface area (Å²) in [6.07, 6.45) is 1.95. The summed E-state index contributed by atoms with van der Waals surface area (Å²) in [4.78, 5) is 11.7. The van der Waals surface area contributed by atoms with Gasteiger partial charge in [0.25, 0.3) is 0 Å². The highest BCUT2D eigenvalue weighted by atomic mass is 16.5. The lowest BCUT2D eigenvalue weighted by Gasteiger charge is -2.10. The van der Waals surface area contributed by atoms with E-state index >= 15 is 0 Å². The summed E-state index contributed by atoms with van der Waals surface area (Å²) in [5.74, 6) is 0. The van der Waals surface area contributed by atoms with Gasteiger partial charge < -0.3 is 15.4 Å². The number of benzene rings is 1. The van der Waals surface area contributed by atoms with Crippen molar-refractivity contribution in [3.63, 3.8) is 0 Å². The van der Waals surface area contributed by atoms with Crippen LogP contribution < -0.4 is 10.6 Å². The quantitative estimate of drug-likeness (QED) is 0.853. The molecule has 1 aliphatic heterocycles. The molecule has 2 atom stereocenters. The van der Waals surface area contributed by atoms with Crippen LogP contribution in [0, 0.1) is 5.41 Å². The molecule has 3 rings (SSSR count). The molecule has 96 valence electrons. The molecular weight excluding hydrogens is 228 g/mol. The first-order valence-corrected chi connectivity index (χ1v) is 6.46. The lowest BCUT2D eigenvalue weighted by Crippen LogP contribution is -2.31. The molecule has 1 heterocycles. The van der Waals surface area contributed by atoms with Gasteiger partial charge in [0.2, 0.25) is 0 Å². The Balaban J connectivity index is 1.43. The van der Waals surface area contributed by atoms with Gasteiger partial charge in [-0.3, -0.25) is 0 Å². The first kappa shape index (κ1) is 11.5. The molecule has 1 aliphatic carbocycles. The molecule has 1 spiro atoms. The standard InChI is InChI=1S/C14H18N2O2/c17-13(18-9-11-4-2-1-3-5-11)16-12-8-14(12)6-7-15-10-14/h1-5,12,15H,6-10H2,(H,16,17)/t12-,14+/m0/s1. The van der Waals surface area contributed by atoms with Crippen LogP contribution >= 0.6 is 0 Å². The van der Waals surface area contributed by atoms with Crippen molar-refractivity contribution in [2.24, 2.45) is 5.41 Å². The van der Waals surface area contributed by atoms with Crippen molar-refractivity contribution in [1.29, 1.82) is 0 Å². The average molecular weight is 246 g/mol. The van der Waals surface area contributed by atoms with Crippen molar-refractivity contribution < 1.29 is 9.53 Å². The number of nitrogens with one attached hydrogen (secondary N) is 2. The van der Waals surface area contributed by atoms with E-state index in [1.807, 2.05) is 30.3 Å². The van der Waals surface area contributed by atoms with Gasteiger partial charge in [-0.25, -0.2) is 4.79 Å². The number of carbonyl (C=O) groups excluding carboxylic acids is 1. The van der Waals surface area contributed by atoms with Crippen LogP contribution in [0.3, 0.4) is 0 Å². The van der Waals surface area contributed by atoms with Gasteiger partial charge in [0.1, 0.15) is 6.61 Å². The van der Waals surface area contributed by atoms with Crippen molar-refractivity contribution in [2.45, 2.75) is 25.5 Å². The maximum atomic E-state index is 11.7. The van der Waals surface area contributed by atoms with Crippen molar-refractivity contribution >= 4 is 6.09 Å².